The predicted octanol–water partition coefficient (Wildman–Crippen LogP) is 9.14. The molecule has 1 unspecified atom stereocenters. The van der Waals surface area contributed by atoms with E-state index in [1.807, 2.05) is 0 Å². The smallest absolute Gasteiger partial charge is 0.433 e. The van der Waals surface area contributed by atoms with Crippen LogP contribution in [-0.4, -0.2) is 26.6 Å². The lowest BCUT2D eigenvalue weighted by atomic mass is 9.96. The third kappa shape index (κ3) is 5.63. The van der Waals surface area contributed by atoms with Crippen molar-refractivity contribution in [3.05, 3.63) is 117 Å². The highest BCUT2D eigenvalue weighted by atomic mass is 35.5. The van der Waals surface area contributed by atoms with E-state index in [4.69, 9.17) is 16.3 Å². The summed E-state index contributed by atoms with van der Waals surface area (Å²) in [5, 5.41) is 12.2. The molecular formula is C33H18ClF4N3O3S2. The van der Waals surface area contributed by atoms with Crippen LogP contribution in [0.5, 0.6) is 0 Å². The summed E-state index contributed by atoms with van der Waals surface area (Å²) in [4.78, 5) is 15.8. The second-order valence-corrected chi connectivity index (χ2v) is 12.5. The normalized spacial score (nSPS) is 12.2. The molecule has 3 aromatic heterocycles. The van der Waals surface area contributed by atoms with Crippen LogP contribution in [0.25, 0.3) is 44.4 Å². The van der Waals surface area contributed by atoms with Gasteiger partial charge in [0.15, 0.2) is 4.90 Å². The molecule has 0 radical (unpaired) electrons. The summed E-state index contributed by atoms with van der Waals surface area (Å²) in [6.07, 6.45) is -3.80. The maximum atomic E-state index is 14.8. The van der Waals surface area contributed by atoms with Crippen LogP contribution in [0.1, 0.15) is 20.9 Å². The number of nitriles is 1. The number of alkyl halides is 3. The van der Waals surface area contributed by atoms with Gasteiger partial charge in [0.25, 0.3) is 0 Å². The van der Waals surface area contributed by atoms with Crippen molar-refractivity contribution in [3.63, 3.8) is 0 Å². The van der Waals surface area contributed by atoms with Crippen LogP contribution in [0.2, 0.25) is 5.02 Å². The van der Waals surface area contributed by atoms with E-state index in [1.54, 1.807) is 47.8 Å². The third-order valence-corrected chi connectivity index (χ3v) is 9.64. The number of carbonyl (C=O) groups excluding carboxylic acids is 1. The van der Waals surface area contributed by atoms with E-state index >= 15 is 0 Å². The molecule has 0 saturated carbocycles. The number of nitrogens with zero attached hydrogens (tertiary/aromatic N) is 3. The highest BCUT2D eigenvalue weighted by Crippen LogP contribution is 2.46. The van der Waals surface area contributed by atoms with Crippen LogP contribution in [0, 0.1) is 17.1 Å². The van der Waals surface area contributed by atoms with Crippen LogP contribution < -0.4 is 0 Å². The topological polar surface area (TPSA) is 91.0 Å². The molecule has 0 saturated heterocycles. The van der Waals surface area contributed by atoms with E-state index in [9.17, 15) is 32.2 Å². The van der Waals surface area contributed by atoms with Crippen molar-refractivity contribution in [1.82, 2.24) is 8.96 Å². The highest BCUT2D eigenvalue weighted by molar-refractivity contribution is 7.90. The molecule has 0 aliphatic heterocycles. The van der Waals surface area contributed by atoms with E-state index in [2.05, 4.69) is 11.1 Å². The summed E-state index contributed by atoms with van der Waals surface area (Å²) in [5.74, 6) is -1.15. The van der Waals surface area contributed by atoms with Crippen LogP contribution >= 0.6 is 22.9 Å². The van der Waals surface area contributed by atoms with Gasteiger partial charge in [-0.15, -0.1) is 11.3 Å². The van der Waals surface area contributed by atoms with Crippen molar-refractivity contribution < 1.29 is 31.6 Å². The standard InChI is InChI=1S/C33H18ClF4N3O3S2/c1-44-32(42)20-5-8-23(26(34)14-20)18-3-2-4-19(13-18)31-30(24-11-12-45-28(24)16-39)25-15-21(35)6-9-27(25)41(31)46(43)22-7-10-29(40-17-22)33(36,37)38/h2-15,17H,1H3. The number of aromatic nitrogens is 2. The molecule has 0 aliphatic carbocycles. The molecule has 6 nitrogen and oxygen atoms in total. The Morgan fingerprint density at radius 2 is 1.83 bits per heavy atom. The van der Waals surface area contributed by atoms with Gasteiger partial charge >= 0.3 is 12.1 Å². The molecule has 13 heteroatoms. The van der Waals surface area contributed by atoms with Gasteiger partial charge in [0.2, 0.25) is 0 Å². The Balaban J connectivity index is 1.63. The minimum Gasteiger partial charge on any atom is -0.587 e. The number of thiophene rings is 1. The number of rotatable bonds is 6. The second-order valence-electron chi connectivity index (χ2n) is 9.85. The van der Waals surface area contributed by atoms with Crippen LogP contribution in [0.4, 0.5) is 17.6 Å². The number of methoxy groups -OCH3 is 1. The van der Waals surface area contributed by atoms with Crippen molar-refractivity contribution in [3.8, 4) is 39.6 Å². The second kappa shape index (κ2) is 12.3. The van der Waals surface area contributed by atoms with Gasteiger partial charge in [-0.25, -0.2) is 14.2 Å². The van der Waals surface area contributed by atoms with Crippen molar-refractivity contribution in [2.24, 2.45) is 0 Å². The Bertz CT molecular complexity index is 2170. The maximum Gasteiger partial charge on any atom is 0.433 e. The highest BCUT2D eigenvalue weighted by Gasteiger charge is 2.34. The largest absolute Gasteiger partial charge is 0.587 e. The van der Waals surface area contributed by atoms with Crippen molar-refractivity contribution >= 4 is 51.2 Å². The predicted molar refractivity (Wildman–Crippen MR) is 168 cm³/mol. The SMILES string of the molecule is COC(=O)c1ccc(-c2cccc(-c3c(-c4ccsc4C#N)c4cc(F)ccc4n3[S+]([O-])c3ccc(C(F)(F)F)nc3)c2)c(Cl)c1. The Morgan fingerprint density at radius 1 is 1.04 bits per heavy atom. The monoisotopic (exact) mass is 679 g/mol. The zero-order valence-corrected chi connectivity index (χ0v) is 25.8. The van der Waals surface area contributed by atoms with E-state index in [-0.39, 0.29) is 15.5 Å². The molecule has 0 aliphatic rings. The first-order valence-corrected chi connectivity index (χ1v) is 15.6. The molecular weight excluding hydrogens is 662 g/mol. The molecule has 0 bridgehead atoms. The third-order valence-electron chi connectivity index (χ3n) is 7.15. The van der Waals surface area contributed by atoms with Crippen LogP contribution in [0.3, 0.4) is 0 Å². The first kappa shape index (κ1) is 31.3. The summed E-state index contributed by atoms with van der Waals surface area (Å²) in [6.45, 7) is 0. The molecule has 0 fully saturated rings. The lowest BCUT2D eigenvalue weighted by Gasteiger charge is -2.17. The zero-order valence-electron chi connectivity index (χ0n) is 23.4. The fraction of sp³-hybridized carbons (Fsp3) is 0.0606. The number of pyridine rings is 1. The van der Waals surface area contributed by atoms with Gasteiger partial charge in [-0.2, -0.15) is 22.4 Å². The number of carbonyl (C=O) groups is 1. The molecule has 3 heterocycles. The average Bonchev–Trinajstić information content (AvgIpc) is 3.65. The van der Waals surface area contributed by atoms with Crippen molar-refractivity contribution in [2.45, 2.75) is 11.1 Å². The molecule has 230 valence electrons. The van der Waals surface area contributed by atoms with Crippen molar-refractivity contribution in [1.29, 1.82) is 5.26 Å². The van der Waals surface area contributed by atoms with Gasteiger partial charge in [-0.05, 0) is 65.5 Å². The maximum absolute atomic E-state index is 14.8. The van der Waals surface area contributed by atoms with Gasteiger partial charge in [-0.1, -0.05) is 35.9 Å². The first-order chi connectivity index (χ1) is 22.0. The Hall–Kier alpha value is -4.67. The minimum atomic E-state index is -4.70. The van der Waals surface area contributed by atoms with E-state index in [0.717, 1.165) is 18.3 Å². The fourth-order valence-electron chi connectivity index (χ4n) is 5.12. The average molecular weight is 680 g/mol. The molecule has 1 atom stereocenters. The lowest BCUT2D eigenvalue weighted by molar-refractivity contribution is -0.141. The van der Waals surface area contributed by atoms with Gasteiger partial charge < -0.3 is 9.29 Å². The number of hydrogen-bond donors (Lipinski definition) is 0. The number of benzene rings is 3. The zero-order chi connectivity index (χ0) is 32.7. The fourth-order valence-corrected chi connectivity index (χ4v) is 7.34. The number of halogens is 5. The number of fused-ring (bicyclic) bond motifs is 1. The summed E-state index contributed by atoms with van der Waals surface area (Å²) in [5.41, 5.74) is 2.26. The lowest BCUT2D eigenvalue weighted by Crippen LogP contribution is -2.16. The molecule has 6 rings (SSSR count). The minimum absolute atomic E-state index is 0.0366. The molecule has 6 aromatic rings. The summed E-state index contributed by atoms with van der Waals surface area (Å²) < 4.78 is 75.0. The molecule has 46 heavy (non-hydrogen) atoms. The van der Waals surface area contributed by atoms with Gasteiger partial charge in [0.05, 0.1) is 24.4 Å². The molecule has 0 amide bonds. The van der Waals surface area contributed by atoms with E-state index < -0.39 is 35.0 Å². The van der Waals surface area contributed by atoms with Crippen LogP contribution in [0.15, 0.2) is 95.3 Å². The van der Waals surface area contributed by atoms with E-state index in [1.165, 1.54) is 46.7 Å². The summed E-state index contributed by atoms with van der Waals surface area (Å²) in [6, 6.07) is 21.2. The van der Waals surface area contributed by atoms with Crippen molar-refractivity contribution in [2.75, 3.05) is 7.11 Å². The van der Waals surface area contributed by atoms with Crippen LogP contribution in [-0.2, 0) is 22.3 Å². The Morgan fingerprint density at radius 3 is 2.50 bits per heavy atom. The summed E-state index contributed by atoms with van der Waals surface area (Å²) >= 11 is 5.57. The Labute approximate surface area is 271 Å². The summed E-state index contributed by atoms with van der Waals surface area (Å²) in [7, 11) is 1.26. The molecule has 0 spiro atoms. The molecule has 3 aromatic carbocycles. The quantitative estimate of drug-likeness (QED) is 0.0995. The van der Waals surface area contributed by atoms with Gasteiger partial charge in [0, 0.05) is 32.7 Å². The Kier molecular flexibility index (Phi) is 8.35. The van der Waals surface area contributed by atoms with Gasteiger partial charge in [0.1, 0.15) is 39.5 Å². The number of hydrogen-bond acceptors (Lipinski definition) is 6. The number of esters is 1. The first-order valence-electron chi connectivity index (χ1n) is 13.3. The number of ether oxygens (including phenoxy) is 1. The van der Waals surface area contributed by atoms with Gasteiger partial charge in [-0.3, -0.25) is 0 Å². The van der Waals surface area contributed by atoms with E-state index in [0.29, 0.717) is 49.3 Å². The molecule has 0 N–H and O–H groups in total.